The third-order valence-electron chi connectivity index (χ3n) is 6.73. The number of nitrogens with one attached hydrogen (secondary N) is 1. The van der Waals surface area contributed by atoms with Gasteiger partial charge in [0.15, 0.2) is 9.84 Å². The van der Waals surface area contributed by atoms with E-state index < -0.39 is 32.2 Å². The number of nitrogens with zero attached hydrogens (tertiary/aromatic N) is 2. The number of benzene rings is 2. The molecule has 2 aromatic carbocycles. The van der Waals surface area contributed by atoms with Gasteiger partial charge in [0, 0.05) is 49.0 Å². The van der Waals surface area contributed by atoms with Crippen LogP contribution in [0.25, 0.3) is 11.1 Å². The normalized spacial score (nSPS) is 13.2. The number of sulfone groups is 1. The van der Waals surface area contributed by atoms with Crippen LogP contribution in [0.2, 0.25) is 0 Å². The molecule has 41 heavy (non-hydrogen) atoms. The van der Waals surface area contributed by atoms with Crippen molar-refractivity contribution in [1.82, 2.24) is 15.2 Å². The fraction of sp³-hybridized carbons (Fsp3) is 0.345. The molecule has 4 rings (SSSR count). The number of fused-ring (bicyclic) bond motifs is 1. The molecule has 0 fully saturated rings. The molecule has 0 aliphatic carbocycles. The second-order valence-electron chi connectivity index (χ2n) is 9.54. The first-order valence-electron chi connectivity index (χ1n) is 13.2. The van der Waals surface area contributed by atoms with Gasteiger partial charge in [-0.15, -0.1) is 0 Å². The lowest BCUT2D eigenvalue weighted by atomic mass is 10.0. The van der Waals surface area contributed by atoms with Crippen LogP contribution in [-0.2, 0) is 25.9 Å². The number of halogens is 1. The summed E-state index contributed by atoms with van der Waals surface area (Å²) in [5.41, 5.74) is 8.18. The van der Waals surface area contributed by atoms with E-state index in [0.717, 1.165) is 22.8 Å². The largest absolute Gasteiger partial charge is 0.491 e. The van der Waals surface area contributed by atoms with Gasteiger partial charge in [-0.2, -0.15) is 0 Å². The number of amides is 2. The van der Waals surface area contributed by atoms with Crippen molar-refractivity contribution in [3.63, 3.8) is 0 Å². The van der Waals surface area contributed by atoms with Gasteiger partial charge in [-0.05, 0) is 61.4 Å². The van der Waals surface area contributed by atoms with E-state index in [4.69, 9.17) is 15.2 Å². The number of aromatic nitrogens is 1. The summed E-state index contributed by atoms with van der Waals surface area (Å²) in [6.45, 7) is 4.43. The molecule has 0 spiro atoms. The maximum absolute atomic E-state index is 15.4. The Labute approximate surface area is 238 Å². The number of carbonyl (C=O) groups excluding carboxylic acids is 2. The van der Waals surface area contributed by atoms with Gasteiger partial charge in [0.05, 0.1) is 18.9 Å². The highest BCUT2D eigenvalue weighted by Gasteiger charge is 2.27. The molecule has 10 nitrogen and oxygen atoms in total. The van der Waals surface area contributed by atoms with E-state index >= 15 is 4.39 Å². The van der Waals surface area contributed by atoms with E-state index in [9.17, 15) is 18.0 Å². The Balaban J connectivity index is 1.48. The number of ether oxygens (including phenoxy) is 2. The second kappa shape index (κ2) is 13.1. The zero-order chi connectivity index (χ0) is 29.6. The van der Waals surface area contributed by atoms with Crippen molar-refractivity contribution in [3.05, 3.63) is 71.2 Å². The lowest BCUT2D eigenvalue weighted by molar-refractivity contribution is -0.122. The Hall–Kier alpha value is -4.03. The zero-order valence-corrected chi connectivity index (χ0v) is 23.8. The Bertz CT molecular complexity index is 1530. The highest BCUT2D eigenvalue weighted by molar-refractivity contribution is 7.91. The van der Waals surface area contributed by atoms with Crippen LogP contribution in [0.15, 0.2) is 53.6 Å². The molecular formula is C29H33FN4O6S. The van der Waals surface area contributed by atoms with E-state index in [2.05, 4.69) is 10.3 Å². The molecule has 3 N–H and O–H groups in total. The fourth-order valence-electron chi connectivity index (χ4n) is 4.46. The van der Waals surface area contributed by atoms with Gasteiger partial charge in [-0.25, -0.2) is 17.8 Å². The summed E-state index contributed by atoms with van der Waals surface area (Å²) >= 11 is 0. The fourth-order valence-corrected chi connectivity index (χ4v) is 5.75. The van der Waals surface area contributed by atoms with Crippen LogP contribution in [0.4, 0.5) is 10.2 Å². The highest BCUT2D eigenvalue weighted by atomic mass is 32.2. The minimum absolute atomic E-state index is 0.0630. The summed E-state index contributed by atoms with van der Waals surface area (Å²) in [6.07, 6.45) is 1.76. The molecule has 0 saturated carbocycles. The van der Waals surface area contributed by atoms with Crippen LogP contribution in [0.1, 0.15) is 34.8 Å². The van der Waals surface area contributed by atoms with E-state index in [1.54, 1.807) is 24.1 Å². The topological polar surface area (TPSA) is 141 Å². The second-order valence-corrected chi connectivity index (χ2v) is 11.6. The van der Waals surface area contributed by atoms with Crippen LogP contribution in [-0.4, -0.2) is 68.8 Å². The van der Waals surface area contributed by atoms with Crippen LogP contribution in [0, 0.1) is 12.7 Å². The molecule has 12 heteroatoms. The van der Waals surface area contributed by atoms with Gasteiger partial charge >= 0.3 is 0 Å². The summed E-state index contributed by atoms with van der Waals surface area (Å²) in [5.74, 6) is -1.21. The van der Waals surface area contributed by atoms with Gasteiger partial charge < -0.3 is 25.4 Å². The number of nitrogens with two attached hydrogens (primary N) is 1. The Kier molecular flexibility index (Phi) is 9.56. The number of hydrogen-bond acceptors (Lipinski definition) is 8. The molecule has 1 aliphatic rings. The number of carbonyl (C=O) groups is 2. The van der Waals surface area contributed by atoms with Gasteiger partial charge in [0.2, 0.25) is 5.91 Å². The molecule has 3 aromatic rings. The van der Waals surface area contributed by atoms with Crippen molar-refractivity contribution in [2.24, 2.45) is 0 Å². The number of hydrogen-bond donors (Lipinski definition) is 2. The number of nitrogen functional groups attached to an aromatic ring is 1. The van der Waals surface area contributed by atoms with Crippen molar-refractivity contribution in [1.29, 1.82) is 0 Å². The lowest BCUT2D eigenvalue weighted by Crippen LogP contribution is -2.33. The van der Waals surface area contributed by atoms with E-state index in [-0.39, 0.29) is 56.3 Å². The summed E-state index contributed by atoms with van der Waals surface area (Å²) in [7, 11) is -4.06. The minimum Gasteiger partial charge on any atom is -0.491 e. The van der Waals surface area contributed by atoms with Crippen LogP contribution in [0.5, 0.6) is 5.75 Å². The average molecular weight is 585 g/mol. The highest BCUT2D eigenvalue weighted by Crippen LogP contribution is 2.30. The Morgan fingerprint density at radius 1 is 1.17 bits per heavy atom. The molecule has 0 atom stereocenters. The molecule has 0 unspecified atom stereocenters. The summed E-state index contributed by atoms with van der Waals surface area (Å²) < 4.78 is 52.0. The van der Waals surface area contributed by atoms with Gasteiger partial charge in [-0.3, -0.25) is 9.59 Å². The zero-order valence-electron chi connectivity index (χ0n) is 23.0. The first kappa shape index (κ1) is 29.9. The lowest BCUT2D eigenvalue weighted by Gasteiger charge is -2.22. The first-order valence-corrected chi connectivity index (χ1v) is 14.9. The molecule has 1 aliphatic heterocycles. The standard InChI is InChI=1S/C29H33FN4O6S/c1-3-39-13-10-27(35)32-11-15-41(37,38)25-8-6-23(19(2)28(25)30)29(36)34-12-14-40-24-7-4-20(16-22(24)18-34)21-5-9-26(31)33-17-21/h4-9,16-17H,3,10-15,18H2,1-2H3,(H2,31,33)(H,32,35). The molecule has 2 heterocycles. The van der Waals surface area contributed by atoms with Gasteiger partial charge in [-0.1, -0.05) is 6.07 Å². The predicted octanol–water partition coefficient (Wildman–Crippen LogP) is 3.13. The van der Waals surface area contributed by atoms with Gasteiger partial charge in [0.25, 0.3) is 5.91 Å². The predicted molar refractivity (Wildman–Crippen MR) is 152 cm³/mol. The van der Waals surface area contributed by atoms with E-state index in [0.29, 0.717) is 18.2 Å². The Morgan fingerprint density at radius 3 is 2.68 bits per heavy atom. The van der Waals surface area contributed by atoms with Crippen molar-refractivity contribution in [2.45, 2.75) is 31.7 Å². The number of anilines is 1. The van der Waals surface area contributed by atoms with E-state index in [1.807, 2.05) is 24.3 Å². The molecule has 2 amide bonds. The SMILES string of the molecule is CCOCCC(=O)NCCS(=O)(=O)c1ccc(C(=O)N2CCOc3ccc(-c4ccc(N)nc4)cc3C2)c(C)c1F. The number of rotatable bonds is 10. The molecule has 0 radical (unpaired) electrons. The number of pyridine rings is 1. The van der Waals surface area contributed by atoms with Crippen LogP contribution >= 0.6 is 0 Å². The maximum Gasteiger partial charge on any atom is 0.254 e. The molecule has 0 saturated heterocycles. The average Bonchev–Trinajstić information content (AvgIpc) is 3.16. The van der Waals surface area contributed by atoms with Crippen LogP contribution < -0.4 is 15.8 Å². The smallest absolute Gasteiger partial charge is 0.254 e. The first-order chi connectivity index (χ1) is 19.6. The summed E-state index contributed by atoms with van der Waals surface area (Å²) in [5, 5.41) is 2.50. The van der Waals surface area contributed by atoms with Crippen molar-refractivity contribution in [2.75, 3.05) is 44.4 Å². The van der Waals surface area contributed by atoms with Crippen LogP contribution in [0.3, 0.4) is 0 Å². The molecular weight excluding hydrogens is 551 g/mol. The minimum atomic E-state index is -4.06. The summed E-state index contributed by atoms with van der Waals surface area (Å²) in [6, 6.07) is 11.6. The van der Waals surface area contributed by atoms with Gasteiger partial charge in [0.1, 0.15) is 28.9 Å². The quantitative estimate of drug-likeness (QED) is 0.347. The van der Waals surface area contributed by atoms with Crippen molar-refractivity contribution >= 4 is 27.5 Å². The molecule has 1 aromatic heterocycles. The third kappa shape index (κ3) is 7.19. The monoisotopic (exact) mass is 584 g/mol. The Morgan fingerprint density at radius 2 is 1.95 bits per heavy atom. The molecule has 218 valence electrons. The summed E-state index contributed by atoms with van der Waals surface area (Å²) in [4.78, 5) is 30.5. The van der Waals surface area contributed by atoms with Crippen molar-refractivity contribution < 1.29 is 31.9 Å². The third-order valence-corrected chi connectivity index (χ3v) is 8.46. The molecule has 0 bridgehead atoms. The van der Waals surface area contributed by atoms with Crippen molar-refractivity contribution in [3.8, 4) is 16.9 Å². The van der Waals surface area contributed by atoms with E-state index in [1.165, 1.54) is 13.0 Å². The maximum atomic E-state index is 15.4.